The topological polar surface area (TPSA) is 30.2 Å². The van der Waals surface area contributed by atoms with Gasteiger partial charge in [-0.2, -0.15) is 13.2 Å². The molecule has 7 heteroatoms. The van der Waals surface area contributed by atoms with E-state index < -0.39 is 11.7 Å². The van der Waals surface area contributed by atoms with Crippen LogP contribution in [0.5, 0.6) is 0 Å². The van der Waals surface area contributed by atoms with Crippen molar-refractivity contribution in [2.45, 2.75) is 6.18 Å². The van der Waals surface area contributed by atoms with Gasteiger partial charge in [0.15, 0.2) is 0 Å². The molecule has 0 spiro atoms. The largest absolute Gasteiger partial charge is 0.416 e. The molecule has 0 saturated carbocycles. The average molecular weight is 298 g/mol. The molecule has 102 valence electrons. The maximum absolute atomic E-state index is 12.8. The summed E-state index contributed by atoms with van der Waals surface area (Å²) in [7, 11) is 0. The van der Waals surface area contributed by atoms with E-state index in [-0.39, 0.29) is 10.8 Å². The molecule has 0 N–H and O–H groups in total. The van der Waals surface area contributed by atoms with E-state index in [0.717, 1.165) is 12.1 Å². The summed E-state index contributed by atoms with van der Waals surface area (Å²) in [6, 6.07) is 6.89. The zero-order valence-corrected chi connectivity index (χ0v) is 10.7. The fourth-order valence-corrected chi connectivity index (χ4v) is 2.16. The highest BCUT2D eigenvalue weighted by Crippen LogP contribution is 2.33. The van der Waals surface area contributed by atoms with E-state index in [1.165, 1.54) is 0 Å². The highest BCUT2D eigenvalue weighted by atomic mass is 35.5. The lowest BCUT2D eigenvalue weighted by Crippen LogP contribution is -2.06. The summed E-state index contributed by atoms with van der Waals surface area (Å²) < 4.78 is 40.1. The molecule has 0 aliphatic rings. The zero-order chi connectivity index (χ0) is 14.3. The van der Waals surface area contributed by atoms with Crippen molar-refractivity contribution in [3.63, 3.8) is 0 Å². The Hall–Kier alpha value is -2.08. The Balaban J connectivity index is 2.24. The molecule has 0 radical (unpaired) electrons. The third-order valence-electron chi connectivity index (χ3n) is 2.81. The summed E-state index contributed by atoms with van der Waals surface area (Å²) in [5.74, 6) is 0. The maximum Gasteiger partial charge on any atom is 0.416 e. The number of nitrogens with zero attached hydrogens (tertiary/aromatic N) is 3. The van der Waals surface area contributed by atoms with Crippen molar-refractivity contribution in [3.8, 4) is 11.4 Å². The quantitative estimate of drug-likeness (QED) is 0.634. The lowest BCUT2D eigenvalue weighted by molar-refractivity contribution is -0.137. The van der Waals surface area contributed by atoms with Crippen LogP contribution >= 0.6 is 11.6 Å². The molecule has 0 aliphatic heterocycles. The number of halogens is 4. The third-order valence-corrected chi connectivity index (χ3v) is 3.01. The summed E-state index contributed by atoms with van der Waals surface area (Å²) in [6.45, 7) is 0. The van der Waals surface area contributed by atoms with Crippen LogP contribution in [0.4, 0.5) is 13.2 Å². The second-order valence-electron chi connectivity index (χ2n) is 4.13. The summed E-state index contributed by atoms with van der Waals surface area (Å²) in [5, 5.41) is -0.202. The van der Waals surface area contributed by atoms with Gasteiger partial charge in [-0.3, -0.25) is 4.40 Å². The van der Waals surface area contributed by atoms with Crippen LogP contribution in [0.15, 0.2) is 42.7 Å². The Morgan fingerprint density at radius 3 is 2.70 bits per heavy atom. The van der Waals surface area contributed by atoms with Crippen molar-refractivity contribution >= 4 is 17.2 Å². The van der Waals surface area contributed by atoms with Gasteiger partial charge < -0.3 is 0 Å². The molecule has 0 unspecified atom stereocenters. The fraction of sp³-hybridized carbons (Fsp3) is 0.0769. The minimum atomic E-state index is -4.47. The van der Waals surface area contributed by atoms with E-state index in [2.05, 4.69) is 9.97 Å². The molecule has 0 fully saturated rings. The van der Waals surface area contributed by atoms with Gasteiger partial charge in [0.1, 0.15) is 10.8 Å². The molecule has 0 saturated heterocycles. The smallest absolute Gasteiger partial charge is 0.298 e. The molecular formula is C13H7ClF3N3. The van der Waals surface area contributed by atoms with Crippen LogP contribution in [0.1, 0.15) is 5.56 Å². The molecule has 3 aromatic rings. The van der Waals surface area contributed by atoms with Gasteiger partial charge in [0.25, 0.3) is 0 Å². The van der Waals surface area contributed by atoms with Crippen LogP contribution < -0.4 is 0 Å². The van der Waals surface area contributed by atoms with E-state index in [4.69, 9.17) is 11.6 Å². The molecule has 3 nitrogen and oxygen atoms in total. The van der Waals surface area contributed by atoms with E-state index in [0.29, 0.717) is 11.3 Å². The highest BCUT2D eigenvalue weighted by molar-refractivity contribution is 6.29. The number of imidazole rings is 1. The molecule has 0 aliphatic carbocycles. The second kappa shape index (κ2) is 4.49. The molecular weight excluding hydrogens is 291 g/mol. The van der Waals surface area contributed by atoms with E-state index in [1.54, 1.807) is 35.0 Å². The maximum atomic E-state index is 12.8. The Labute approximate surface area is 116 Å². The van der Waals surface area contributed by atoms with Gasteiger partial charge in [-0.15, -0.1) is 0 Å². The van der Waals surface area contributed by atoms with Gasteiger partial charge in [-0.1, -0.05) is 17.7 Å². The SMILES string of the molecule is FC(F)(F)c1cc(Cl)nc(-c2cccc3nccn23)c1. The van der Waals surface area contributed by atoms with Crippen molar-refractivity contribution in [2.24, 2.45) is 0 Å². The molecule has 3 heterocycles. The second-order valence-corrected chi connectivity index (χ2v) is 4.52. The minimum Gasteiger partial charge on any atom is -0.298 e. The Morgan fingerprint density at radius 2 is 1.95 bits per heavy atom. The van der Waals surface area contributed by atoms with Gasteiger partial charge in [0.05, 0.1) is 17.0 Å². The molecule has 3 aromatic heterocycles. The number of hydrogen-bond donors (Lipinski definition) is 0. The standard InChI is InChI=1S/C13H7ClF3N3/c14-11-7-8(13(15,16)17)6-9(19-11)10-2-1-3-12-18-4-5-20(10)12/h1-7H. The van der Waals surface area contributed by atoms with E-state index >= 15 is 0 Å². The van der Waals surface area contributed by atoms with Crippen LogP contribution in [-0.4, -0.2) is 14.4 Å². The Bertz CT molecular complexity index is 780. The molecule has 3 rings (SSSR count). The fourth-order valence-electron chi connectivity index (χ4n) is 1.95. The minimum absolute atomic E-state index is 0.147. The first-order valence-electron chi connectivity index (χ1n) is 5.62. The lowest BCUT2D eigenvalue weighted by atomic mass is 10.1. The number of hydrogen-bond acceptors (Lipinski definition) is 2. The summed E-state index contributed by atoms with van der Waals surface area (Å²) in [5.41, 5.74) is 0.434. The van der Waals surface area contributed by atoms with Crippen LogP contribution in [0.25, 0.3) is 17.0 Å². The molecule has 0 aromatic carbocycles. The summed E-state index contributed by atoms with van der Waals surface area (Å²) >= 11 is 5.70. The monoisotopic (exact) mass is 297 g/mol. The number of fused-ring (bicyclic) bond motifs is 1. The van der Waals surface area contributed by atoms with Gasteiger partial charge in [-0.25, -0.2) is 9.97 Å². The van der Waals surface area contributed by atoms with Crippen LogP contribution in [0, 0.1) is 0 Å². The first-order valence-corrected chi connectivity index (χ1v) is 6.00. The van der Waals surface area contributed by atoms with Gasteiger partial charge in [0, 0.05) is 12.4 Å². The molecule has 0 bridgehead atoms. The van der Waals surface area contributed by atoms with Crippen molar-refractivity contribution in [2.75, 3.05) is 0 Å². The molecule has 0 atom stereocenters. The predicted molar refractivity (Wildman–Crippen MR) is 68.4 cm³/mol. The Morgan fingerprint density at radius 1 is 1.15 bits per heavy atom. The number of rotatable bonds is 1. The van der Waals surface area contributed by atoms with Crippen LogP contribution in [-0.2, 0) is 6.18 Å². The third kappa shape index (κ3) is 2.22. The normalized spacial score (nSPS) is 12.0. The predicted octanol–water partition coefficient (Wildman–Crippen LogP) is 4.07. The number of aromatic nitrogens is 3. The van der Waals surface area contributed by atoms with E-state index in [1.807, 2.05) is 0 Å². The number of pyridine rings is 2. The highest BCUT2D eigenvalue weighted by Gasteiger charge is 2.31. The Kier molecular flexibility index (Phi) is 2.90. The van der Waals surface area contributed by atoms with Crippen molar-refractivity contribution < 1.29 is 13.2 Å². The van der Waals surface area contributed by atoms with Crippen molar-refractivity contribution in [3.05, 3.63) is 53.4 Å². The van der Waals surface area contributed by atoms with Crippen molar-refractivity contribution in [1.29, 1.82) is 0 Å². The molecule has 0 amide bonds. The van der Waals surface area contributed by atoms with Gasteiger partial charge >= 0.3 is 6.18 Å². The summed E-state index contributed by atoms with van der Waals surface area (Å²) in [4.78, 5) is 8.04. The van der Waals surface area contributed by atoms with Gasteiger partial charge in [0.2, 0.25) is 0 Å². The first kappa shape index (κ1) is 12.9. The van der Waals surface area contributed by atoms with Crippen molar-refractivity contribution in [1.82, 2.24) is 14.4 Å². The number of alkyl halides is 3. The van der Waals surface area contributed by atoms with E-state index in [9.17, 15) is 13.2 Å². The summed E-state index contributed by atoms with van der Waals surface area (Å²) in [6.07, 6.45) is -1.25. The molecule has 20 heavy (non-hydrogen) atoms. The average Bonchev–Trinajstić information content (AvgIpc) is 2.84. The lowest BCUT2D eigenvalue weighted by Gasteiger charge is -2.10. The van der Waals surface area contributed by atoms with Crippen LogP contribution in [0.3, 0.4) is 0 Å². The first-order chi connectivity index (χ1) is 9.45. The van der Waals surface area contributed by atoms with Crippen LogP contribution in [0.2, 0.25) is 5.15 Å². The zero-order valence-electron chi connectivity index (χ0n) is 9.89. The van der Waals surface area contributed by atoms with Gasteiger partial charge in [-0.05, 0) is 24.3 Å².